The van der Waals surface area contributed by atoms with E-state index in [1.54, 1.807) is 13.8 Å². The lowest BCUT2D eigenvalue weighted by Crippen LogP contribution is -2.56. The first-order valence-electron chi connectivity index (χ1n) is 12.1. The third kappa shape index (κ3) is 4.93. The molecule has 11 heteroatoms. The fourth-order valence-electron chi connectivity index (χ4n) is 4.39. The summed E-state index contributed by atoms with van der Waals surface area (Å²) in [5, 5.41) is 51.4. The van der Waals surface area contributed by atoms with E-state index in [2.05, 4.69) is 0 Å². The number of phenols is 2. The van der Waals surface area contributed by atoms with Gasteiger partial charge in [0.15, 0.2) is 17.1 Å². The number of esters is 1. The van der Waals surface area contributed by atoms with E-state index in [4.69, 9.17) is 18.6 Å². The molecule has 6 atom stereocenters. The minimum absolute atomic E-state index is 0.000973. The molecule has 1 saturated heterocycles. The summed E-state index contributed by atoms with van der Waals surface area (Å²) in [7, 11) is 1.30. The molecule has 204 valence electrons. The number of aromatic hydroxyl groups is 2. The highest BCUT2D eigenvalue weighted by molar-refractivity contribution is 5.90. The number of fused-ring (bicyclic) bond motifs is 1. The number of phenolic OH excluding ortho intramolecular Hbond substituents is 2. The lowest BCUT2D eigenvalue weighted by Gasteiger charge is -2.42. The van der Waals surface area contributed by atoms with Gasteiger partial charge in [0.2, 0.25) is 0 Å². The predicted molar refractivity (Wildman–Crippen MR) is 134 cm³/mol. The molecule has 2 heterocycles. The average Bonchev–Trinajstić information content (AvgIpc) is 2.91. The molecule has 11 nitrogen and oxygen atoms in total. The molecule has 4 rings (SSSR count). The van der Waals surface area contributed by atoms with Crippen LogP contribution in [-0.4, -0.2) is 69.6 Å². The van der Waals surface area contributed by atoms with Gasteiger partial charge < -0.3 is 44.2 Å². The van der Waals surface area contributed by atoms with Crippen LogP contribution >= 0.6 is 0 Å². The van der Waals surface area contributed by atoms with Crippen LogP contribution in [0.15, 0.2) is 45.6 Å². The van der Waals surface area contributed by atoms with Gasteiger partial charge in [-0.1, -0.05) is 13.8 Å². The van der Waals surface area contributed by atoms with Gasteiger partial charge in [-0.25, -0.2) is 0 Å². The topological polar surface area (TPSA) is 176 Å². The highest BCUT2D eigenvalue weighted by atomic mass is 16.6. The van der Waals surface area contributed by atoms with Crippen molar-refractivity contribution in [1.82, 2.24) is 0 Å². The van der Waals surface area contributed by atoms with Gasteiger partial charge in [-0.3, -0.25) is 9.59 Å². The first kappa shape index (κ1) is 27.4. The Morgan fingerprint density at radius 2 is 1.79 bits per heavy atom. The van der Waals surface area contributed by atoms with E-state index in [-0.39, 0.29) is 33.8 Å². The zero-order valence-corrected chi connectivity index (χ0v) is 21.0. The summed E-state index contributed by atoms with van der Waals surface area (Å²) < 4.78 is 23.1. The molecule has 2 aromatic carbocycles. The van der Waals surface area contributed by atoms with Crippen LogP contribution in [0.25, 0.3) is 22.3 Å². The van der Waals surface area contributed by atoms with Crippen LogP contribution < -0.4 is 10.2 Å². The number of carbonyl (C=O) groups is 1. The van der Waals surface area contributed by atoms with Crippen LogP contribution in [-0.2, 0) is 14.3 Å². The van der Waals surface area contributed by atoms with Crippen LogP contribution in [0.4, 0.5) is 0 Å². The fraction of sp³-hybridized carbons (Fsp3) is 0.407. The zero-order valence-electron chi connectivity index (χ0n) is 21.0. The average molecular weight is 531 g/mol. The first-order chi connectivity index (χ1) is 18.1. The summed E-state index contributed by atoms with van der Waals surface area (Å²) in [5.41, 5.74) is -0.335. The maximum absolute atomic E-state index is 13.2. The zero-order chi connectivity index (χ0) is 27.7. The third-order valence-corrected chi connectivity index (χ3v) is 6.77. The summed E-state index contributed by atoms with van der Waals surface area (Å²) in [6, 6.07) is 8.19. The molecule has 0 radical (unpaired) electrons. The maximum atomic E-state index is 13.2. The minimum atomic E-state index is -1.68. The van der Waals surface area contributed by atoms with E-state index in [0.29, 0.717) is 12.0 Å². The van der Waals surface area contributed by atoms with Crippen molar-refractivity contribution < 1.29 is 49.0 Å². The van der Waals surface area contributed by atoms with Gasteiger partial charge in [-0.05, 0) is 30.7 Å². The van der Waals surface area contributed by atoms with Crippen LogP contribution in [0.5, 0.6) is 17.2 Å². The van der Waals surface area contributed by atoms with E-state index >= 15 is 0 Å². The Kier molecular flexibility index (Phi) is 7.93. The summed E-state index contributed by atoms with van der Waals surface area (Å²) in [4.78, 5) is 25.9. The van der Waals surface area contributed by atoms with E-state index in [9.17, 15) is 35.1 Å². The molecule has 3 aromatic rings. The van der Waals surface area contributed by atoms with E-state index < -0.39 is 60.2 Å². The smallest absolute Gasteiger partial charge is 0.309 e. The van der Waals surface area contributed by atoms with Gasteiger partial charge in [0.25, 0.3) is 0 Å². The largest absolute Gasteiger partial charge is 0.508 e. The molecular weight excluding hydrogens is 500 g/mol. The van der Waals surface area contributed by atoms with Crippen molar-refractivity contribution in [2.24, 2.45) is 5.92 Å². The van der Waals surface area contributed by atoms with E-state index in [0.717, 1.165) is 6.07 Å². The second kappa shape index (κ2) is 11.0. The highest BCUT2D eigenvalue weighted by Crippen LogP contribution is 2.45. The Bertz CT molecular complexity index is 1360. The molecule has 38 heavy (non-hydrogen) atoms. The van der Waals surface area contributed by atoms with Gasteiger partial charge in [-0.2, -0.15) is 0 Å². The van der Waals surface area contributed by atoms with E-state index in [1.165, 1.54) is 37.4 Å². The SMILES string of the molecule is CC[C@@H](C)C(=O)O[C@H]1[C@@H](O)[C@@H](O)[C@H](CO)O[C@H]1c1c(OC)cc(O)c2c(=O)cc(-c3ccc(O)cc3)oc12. The number of benzene rings is 2. The normalized spacial score (nSPS) is 24.2. The van der Waals surface area contributed by atoms with Crippen molar-refractivity contribution in [2.75, 3.05) is 13.7 Å². The molecule has 0 aliphatic carbocycles. The quantitative estimate of drug-likeness (QED) is 0.282. The number of ether oxygens (including phenoxy) is 3. The Hall–Kier alpha value is -3.64. The molecule has 1 fully saturated rings. The molecule has 0 unspecified atom stereocenters. The Balaban J connectivity index is 1.98. The van der Waals surface area contributed by atoms with Crippen molar-refractivity contribution in [3.05, 3.63) is 52.2 Å². The van der Waals surface area contributed by atoms with Gasteiger partial charge in [0.05, 0.1) is 25.2 Å². The van der Waals surface area contributed by atoms with Crippen LogP contribution in [0.1, 0.15) is 31.9 Å². The van der Waals surface area contributed by atoms with Crippen molar-refractivity contribution >= 4 is 16.9 Å². The summed E-state index contributed by atoms with van der Waals surface area (Å²) in [5.74, 6) is -1.58. The monoisotopic (exact) mass is 530 g/mol. The van der Waals surface area contributed by atoms with Gasteiger partial charge in [0.1, 0.15) is 52.8 Å². The molecular formula is C27H30O11. The second-order valence-electron chi connectivity index (χ2n) is 9.21. The number of aliphatic hydroxyl groups excluding tert-OH is 3. The number of methoxy groups -OCH3 is 1. The molecule has 1 aliphatic heterocycles. The predicted octanol–water partition coefficient (Wildman–Crippen LogP) is 1.99. The maximum Gasteiger partial charge on any atom is 0.309 e. The number of hydrogen-bond acceptors (Lipinski definition) is 11. The number of carbonyl (C=O) groups excluding carboxylic acids is 1. The van der Waals surface area contributed by atoms with E-state index in [1.807, 2.05) is 0 Å². The molecule has 0 amide bonds. The van der Waals surface area contributed by atoms with Crippen LogP contribution in [0.2, 0.25) is 0 Å². The summed E-state index contributed by atoms with van der Waals surface area (Å²) in [6.07, 6.45) is -6.98. The Labute approximate surface area is 217 Å². The van der Waals surface area contributed by atoms with Crippen molar-refractivity contribution in [3.8, 4) is 28.6 Å². The van der Waals surface area contributed by atoms with Gasteiger partial charge in [-0.15, -0.1) is 0 Å². The standard InChI is InChI=1S/C27H30O11/c1-4-12(2)27(34)38-26-23(33)22(32)19(11-28)37-25(26)21-18(35-3)10-16(31)20-15(30)9-17(36-24(20)21)13-5-7-14(29)8-6-13/h5-10,12,19,22-23,25-26,28-29,31-33H,4,11H2,1-3H3/t12-,19+,22+,23+,25+,26+/m1/s1. The van der Waals surface area contributed by atoms with Gasteiger partial charge >= 0.3 is 5.97 Å². The van der Waals surface area contributed by atoms with Crippen molar-refractivity contribution in [1.29, 1.82) is 0 Å². The summed E-state index contributed by atoms with van der Waals surface area (Å²) in [6.45, 7) is 2.74. The molecule has 1 aromatic heterocycles. The van der Waals surface area contributed by atoms with Crippen molar-refractivity contribution in [2.45, 2.75) is 50.8 Å². The third-order valence-electron chi connectivity index (χ3n) is 6.77. The molecule has 0 saturated carbocycles. The van der Waals surface area contributed by atoms with Crippen molar-refractivity contribution in [3.63, 3.8) is 0 Å². The summed E-state index contributed by atoms with van der Waals surface area (Å²) >= 11 is 0. The fourth-order valence-corrected chi connectivity index (χ4v) is 4.39. The lowest BCUT2D eigenvalue weighted by atomic mass is 9.89. The Morgan fingerprint density at radius 1 is 1.11 bits per heavy atom. The molecule has 0 bridgehead atoms. The van der Waals surface area contributed by atoms with Crippen LogP contribution in [0, 0.1) is 5.92 Å². The molecule has 5 N–H and O–H groups in total. The lowest BCUT2D eigenvalue weighted by molar-refractivity contribution is -0.242. The Morgan fingerprint density at radius 3 is 2.39 bits per heavy atom. The molecule has 0 spiro atoms. The highest BCUT2D eigenvalue weighted by Gasteiger charge is 2.49. The minimum Gasteiger partial charge on any atom is -0.508 e. The second-order valence-corrected chi connectivity index (χ2v) is 9.21. The number of aliphatic hydroxyl groups is 3. The number of rotatable bonds is 7. The van der Waals surface area contributed by atoms with Crippen LogP contribution in [0.3, 0.4) is 0 Å². The molecule has 1 aliphatic rings. The number of hydrogen-bond donors (Lipinski definition) is 5. The van der Waals surface area contributed by atoms with Gasteiger partial charge in [0, 0.05) is 17.7 Å². The first-order valence-corrected chi connectivity index (χ1v) is 12.1.